The average Bonchev–Trinajstić information content (AvgIpc) is 3.21. The van der Waals surface area contributed by atoms with Crippen molar-refractivity contribution in [2.45, 2.75) is 45.1 Å². The molecule has 1 aliphatic heterocycles. The maximum Gasteiger partial charge on any atom is 0.267 e. The van der Waals surface area contributed by atoms with Crippen molar-refractivity contribution in [3.05, 3.63) is 50.8 Å². The zero-order chi connectivity index (χ0) is 18.8. The number of amides is 1. The molecule has 4 rings (SSSR count). The standard InChI is InChI=1S/C20H20ClN3OS2/c1-13-12-26-19(22-13)23-20-24(16-5-3-2-4-6-16)18(25)17(27-20)11-14-7-9-15(21)10-8-14/h7-12,16H,2-6H2,1H3/b17-11-,23-20+. The Hall–Kier alpha value is -1.63. The van der Waals surface area contributed by atoms with Crippen molar-refractivity contribution < 1.29 is 4.79 Å². The number of aryl methyl sites for hydroxylation is 1. The number of thiazole rings is 1. The van der Waals surface area contributed by atoms with Crippen LogP contribution in [0.5, 0.6) is 0 Å². The van der Waals surface area contributed by atoms with Gasteiger partial charge in [-0.15, -0.1) is 11.3 Å². The Morgan fingerprint density at radius 3 is 2.63 bits per heavy atom. The van der Waals surface area contributed by atoms with Crippen LogP contribution in [0, 0.1) is 6.92 Å². The molecule has 1 saturated carbocycles. The minimum atomic E-state index is 0.0499. The summed E-state index contributed by atoms with van der Waals surface area (Å²) in [5.41, 5.74) is 1.92. The van der Waals surface area contributed by atoms with E-state index >= 15 is 0 Å². The van der Waals surface area contributed by atoms with Crippen LogP contribution >= 0.6 is 34.7 Å². The molecule has 0 spiro atoms. The first-order valence-corrected chi connectivity index (χ1v) is 11.2. The number of thioether (sulfide) groups is 1. The third-order valence-electron chi connectivity index (χ3n) is 4.74. The number of carbonyl (C=O) groups excluding carboxylic acids is 1. The lowest BCUT2D eigenvalue weighted by Gasteiger charge is -2.30. The fourth-order valence-corrected chi connectivity index (χ4v) is 5.30. The van der Waals surface area contributed by atoms with Crippen molar-refractivity contribution in [1.29, 1.82) is 0 Å². The predicted molar refractivity (Wildman–Crippen MR) is 115 cm³/mol. The number of aromatic nitrogens is 1. The molecule has 1 aromatic carbocycles. The molecule has 0 radical (unpaired) electrons. The van der Waals surface area contributed by atoms with Crippen molar-refractivity contribution >= 4 is 57.0 Å². The summed E-state index contributed by atoms with van der Waals surface area (Å²) >= 11 is 8.93. The lowest BCUT2D eigenvalue weighted by Crippen LogP contribution is -2.40. The second-order valence-electron chi connectivity index (χ2n) is 6.80. The molecular formula is C20H20ClN3OS2. The first kappa shape index (κ1) is 18.7. The van der Waals surface area contributed by atoms with Gasteiger partial charge in [-0.1, -0.05) is 43.0 Å². The Labute approximate surface area is 172 Å². The minimum absolute atomic E-state index is 0.0499. The summed E-state index contributed by atoms with van der Waals surface area (Å²) < 4.78 is 0. The summed E-state index contributed by atoms with van der Waals surface area (Å²) in [6, 6.07) is 7.75. The monoisotopic (exact) mass is 417 g/mol. The Morgan fingerprint density at radius 2 is 1.96 bits per heavy atom. The number of amidine groups is 1. The van der Waals surface area contributed by atoms with Gasteiger partial charge in [0.25, 0.3) is 5.91 Å². The number of carbonyl (C=O) groups is 1. The van der Waals surface area contributed by atoms with Crippen LogP contribution in [-0.4, -0.2) is 27.0 Å². The molecule has 0 bridgehead atoms. The second-order valence-corrected chi connectivity index (χ2v) is 9.08. The van der Waals surface area contributed by atoms with Gasteiger partial charge in [-0.25, -0.2) is 4.98 Å². The SMILES string of the molecule is Cc1csc(/N=C2/S/C(=C\c3ccc(Cl)cc3)C(=O)N2C2CCCCC2)n1. The Balaban J connectivity index is 1.68. The van der Waals surface area contributed by atoms with Crippen LogP contribution in [0.4, 0.5) is 5.13 Å². The summed E-state index contributed by atoms with van der Waals surface area (Å²) in [5.74, 6) is 0.0499. The van der Waals surface area contributed by atoms with Crippen molar-refractivity contribution in [3.63, 3.8) is 0 Å². The van der Waals surface area contributed by atoms with Gasteiger partial charge in [0.05, 0.1) is 10.6 Å². The first-order chi connectivity index (χ1) is 13.1. The molecule has 4 nitrogen and oxygen atoms in total. The number of hydrogen-bond acceptors (Lipinski definition) is 5. The number of benzene rings is 1. The van der Waals surface area contributed by atoms with Gasteiger partial charge in [0.15, 0.2) is 5.17 Å². The number of nitrogens with zero attached hydrogens (tertiary/aromatic N) is 3. The lowest BCUT2D eigenvalue weighted by molar-refractivity contribution is -0.124. The van der Waals surface area contributed by atoms with Gasteiger partial charge in [-0.3, -0.25) is 9.69 Å². The molecule has 140 valence electrons. The molecule has 1 aromatic heterocycles. The number of aliphatic imine (C=N–C) groups is 1. The highest BCUT2D eigenvalue weighted by Crippen LogP contribution is 2.38. The van der Waals surface area contributed by atoms with Gasteiger partial charge in [-0.2, -0.15) is 4.99 Å². The maximum atomic E-state index is 13.2. The van der Waals surface area contributed by atoms with E-state index in [9.17, 15) is 4.79 Å². The zero-order valence-electron chi connectivity index (χ0n) is 15.0. The zero-order valence-corrected chi connectivity index (χ0v) is 17.4. The molecule has 0 N–H and O–H groups in total. The maximum absolute atomic E-state index is 13.2. The molecule has 0 atom stereocenters. The molecule has 1 saturated heterocycles. The van der Waals surface area contributed by atoms with Crippen LogP contribution in [0.25, 0.3) is 6.08 Å². The van der Waals surface area contributed by atoms with E-state index in [1.54, 1.807) is 0 Å². The van der Waals surface area contributed by atoms with E-state index in [4.69, 9.17) is 16.6 Å². The van der Waals surface area contributed by atoms with E-state index < -0.39 is 0 Å². The van der Waals surface area contributed by atoms with Crippen molar-refractivity contribution in [3.8, 4) is 0 Å². The molecule has 0 unspecified atom stereocenters. The third-order valence-corrected chi connectivity index (χ3v) is 6.83. The normalized spacial score (nSPS) is 21.6. The molecule has 1 amide bonds. The van der Waals surface area contributed by atoms with Crippen LogP contribution in [0.1, 0.15) is 43.4 Å². The molecular weight excluding hydrogens is 398 g/mol. The highest BCUT2D eigenvalue weighted by Gasteiger charge is 2.38. The topological polar surface area (TPSA) is 45.6 Å². The number of hydrogen-bond donors (Lipinski definition) is 0. The predicted octanol–water partition coefficient (Wildman–Crippen LogP) is 6.04. The van der Waals surface area contributed by atoms with Crippen molar-refractivity contribution in [2.24, 2.45) is 4.99 Å². The highest BCUT2D eigenvalue weighted by molar-refractivity contribution is 8.18. The number of rotatable bonds is 3. The van der Waals surface area contributed by atoms with Crippen LogP contribution in [0.3, 0.4) is 0 Å². The van der Waals surface area contributed by atoms with E-state index in [2.05, 4.69) is 4.98 Å². The fraction of sp³-hybridized carbons (Fsp3) is 0.350. The Morgan fingerprint density at radius 1 is 1.22 bits per heavy atom. The van der Waals surface area contributed by atoms with Crippen LogP contribution < -0.4 is 0 Å². The molecule has 7 heteroatoms. The van der Waals surface area contributed by atoms with E-state index in [0.29, 0.717) is 15.1 Å². The first-order valence-electron chi connectivity index (χ1n) is 9.09. The van der Waals surface area contributed by atoms with Crippen LogP contribution in [0.2, 0.25) is 5.02 Å². The smallest absolute Gasteiger partial charge is 0.267 e. The summed E-state index contributed by atoms with van der Waals surface area (Å²) in [7, 11) is 0. The van der Waals surface area contributed by atoms with Crippen molar-refractivity contribution in [1.82, 2.24) is 9.88 Å². The summed E-state index contributed by atoms with van der Waals surface area (Å²) in [4.78, 5) is 25.0. The molecule has 1 aliphatic carbocycles. The van der Waals surface area contributed by atoms with Gasteiger partial charge < -0.3 is 0 Å². The molecule has 27 heavy (non-hydrogen) atoms. The fourth-order valence-electron chi connectivity index (χ4n) is 3.41. The van der Waals surface area contributed by atoms with Crippen LogP contribution in [-0.2, 0) is 4.79 Å². The van der Waals surface area contributed by atoms with Crippen LogP contribution in [0.15, 0.2) is 39.5 Å². The lowest BCUT2D eigenvalue weighted by atomic mass is 9.94. The minimum Gasteiger partial charge on any atom is -0.283 e. The highest BCUT2D eigenvalue weighted by atomic mass is 35.5. The van der Waals surface area contributed by atoms with Gasteiger partial charge in [0, 0.05) is 16.4 Å². The van der Waals surface area contributed by atoms with E-state index in [1.165, 1.54) is 42.4 Å². The summed E-state index contributed by atoms with van der Waals surface area (Å²) in [5, 5.41) is 4.13. The third kappa shape index (κ3) is 4.28. The summed E-state index contributed by atoms with van der Waals surface area (Å²) in [6.07, 6.45) is 7.58. The van der Waals surface area contributed by atoms with E-state index in [0.717, 1.165) is 29.3 Å². The van der Waals surface area contributed by atoms with Gasteiger partial charge in [0.1, 0.15) is 0 Å². The van der Waals surface area contributed by atoms with E-state index in [1.807, 2.05) is 47.5 Å². The van der Waals surface area contributed by atoms with Crippen molar-refractivity contribution in [2.75, 3.05) is 0 Å². The van der Waals surface area contributed by atoms with Gasteiger partial charge >= 0.3 is 0 Å². The average molecular weight is 418 g/mol. The molecule has 2 aliphatic rings. The largest absolute Gasteiger partial charge is 0.283 e. The van der Waals surface area contributed by atoms with Gasteiger partial charge in [-0.05, 0) is 55.3 Å². The Kier molecular flexibility index (Phi) is 5.66. The quantitative estimate of drug-likeness (QED) is 0.571. The summed E-state index contributed by atoms with van der Waals surface area (Å²) in [6.45, 7) is 1.96. The number of halogens is 1. The molecule has 2 fully saturated rings. The molecule has 2 heterocycles. The Bertz CT molecular complexity index is 898. The van der Waals surface area contributed by atoms with E-state index in [-0.39, 0.29) is 11.9 Å². The second kappa shape index (κ2) is 8.17. The van der Waals surface area contributed by atoms with Gasteiger partial charge in [0.2, 0.25) is 5.13 Å². The molecule has 2 aromatic rings.